The van der Waals surface area contributed by atoms with Crippen molar-refractivity contribution in [1.82, 2.24) is 10.2 Å². The smallest absolute Gasteiger partial charge is 0.264 e. The summed E-state index contributed by atoms with van der Waals surface area (Å²) < 4.78 is 35.4. The monoisotopic (exact) mass is 661 g/mol. The van der Waals surface area contributed by atoms with Crippen LogP contribution in [0.15, 0.2) is 108 Å². The second-order valence-corrected chi connectivity index (χ2v) is 13.2. The standard InChI is InChI=1S/C36H40ClN3O5S/c1-4-23-38-36(42)33(24-28-11-7-6-8-12-28)39(25-29-17-15-27(3)16-18-29)35(41)26-40(32-13-9-10-14-34(32)45-5-2)46(43,44)31-21-19-30(37)20-22-31/h6-22,33H,4-5,23-26H2,1-3H3,(H,38,42)/t33-/m1/s1. The number of nitrogens with zero attached hydrogens (tertiary/aromatic N) is 2. The van der Waals surface area contributed by atoms with Crippen LogP contribution in [-0.2, 0) is 32.6 Å². The average molecular weight is 662 g/mol. The lowest BCUT2D eigenvalue weighted by atomic mass is 10.0. The summed E-state index contributed by atoms with van der Waals surface area (Å²) in [7, 11) is -4.29. The van der Waals surface area contributed by atoms with Crippen LogP contribution < -0.4 is 14.4 Å². The van der Waals surface area contributed by atoms with Crippen LogP contribution in [0.4, 0.5) is 5.69 Å². The Kier molecular flexibility index (Phi) is 12.2. The van der Waals surface area contributed by atoms with Crippen molar-refractivity contribution in [2.24, 2.45) is 0 Å². The molecular formula is C36H40ClN3O5S. The third kappa shape index (κ3) is 8.89. The van der Waals surface area contributed by atoms with Crippen molar-refractivity contribution in [2.45, 2.75) is 51.1 Å². The number of benzene rings is 4. The van der Waals surface area contributed by atoms with Crippen LogP contribution in [0.25, 0.3) is 0 Å². The van der Waals surface area contributed by atoms with Gasteiger partial charge < -0.3 is 15.0 Å². The SMILES string of the molecule is CCCNC(=O)[C@@H](Cc1ccccc1)N(Cc1ccc(C)cc1)C(=O)CN(c1ccccc1OCC)S(=O)(=O)c1ccc(Cl)cc1. The Morgan fingerprint density at radius 3 is 2.15 bits per heavy atom. The van der Waals surface area contributed by atoms with Crippen molar-refractivity contribution in [3.05, 3.63) is 125 Å². The number of sulfonamides is 1. The summed E-state index contributed by atoms with van der Waals surface area (Å²) >= 11 is 6.08. The molecule has 0 aliphatic heterocycles. The van der Waals surface area contributed by atoms with E-state index in [0.29, 0.717) is 17.3 Å². The molecule has 0 aliphatic carbocycles. The van der Waals surface area contributed by atoms with Gasteiger partial charge in [0, 0.05) is 24.5 Å². The zero-order chi connectivity index (χ0) is 33.1. The van der Waals surface area contributed by atoms with E-state index in [0.717, 1.165) is 27.4 Å². The maximum Gasteiger partial charge on any atom is 0.264 e. The molecule has 0 saturated heterocycles. The minimum atomic E-state index is -4.29. The van der Waals surface area contributed by atoms with E-state index >= 15 is 0 Å². The Morgan fingerprint density at radius 1 is 0.848 bits per heavy atom. The highest BCUT2D eigenvalue weighted by molar-refractivity contribution is 7.92. The summed E-state index contributed by atoms with van der Waals surface area (Å²) in [5.41, 5.74) is 2.93. The lowest BCUT2D eigenvalue weighted by Crippen LogP contribution is -2.53. The number of carbonyl (C=O) groups excluding carboxylic acids is 2. The van der Waals surface area contributed by atoms with Gasteiger partial charge in [-0.05, 0) is 67.8 Å². The largest absolute Gasteiger partial charge is 0.492 e. The summed E-state index contributed by atoms with van der Waals surface area (Å²) in [5, 5.41) is 3.34. The minimum absolute atomic E-state index is 0.0392. The molecule has 0 fully saturated rings. The fourth-order valence-corrected chi connectivity index (χ4v) is 6.55. The molecule has 0 spiro atoms. The molecule has 46 heavy (non-hydrogen) atoms. The van der Waals surface area contributed by atoms with Crippen LogP contribution in [0.2, 0.25) is 5.02 Å². The number of anilines is 1. The number of para-hydroxylation sites is 2. The first-order valence-electron chi connectivity index (χ1n) is 15.3. The summed E-state index contributed by atoms with van der Waals surface area (Å²) in [6.45, 7) is 5.97. The minimum Gasteiger partial charge on any atom is -0.492 e. The molecule has 4 rings (SSSR count). The molecule has 8 nitrogen and oxygen atoms in total. The van der Waals surface area contributed by atoms with Gasteiger partial charge in [0.2, 0.25) is 11.8 Å². The number of rotatable bonds is 15. The van der Waals surface area contributed by atoms with Gasteiger partial charge in [-0.25, -0.2) is 8.42 Å². The maximum atomic E-state index is 14.6. The van der Waals surface area contributed by atoms with Crippen molar-refractivity contribution >= 4 is 39.1 Å². The third-order valence-corrected chi connectivity index (χ3v) is 9.43. The highest BCUT2D eigenvalue weighted by Gasteiger charge is 2.35. The molecule has 4 aromatic rings. The first-order chi connectivity index (χ1) is 22.1. The molecule has 0 heterocycles. The Hall–Kier alpha value is -4.34. The van der Waals surface area contributed by atoms with E-state index in [4.69, 9.17) is 16.3 Å². The van der Waals surface area contributed by atoms with E-state index in [1.54, 1.807) is 31.2 Å². The van der Waals surface area contributed by atoms with Crippen molar-refractivity contribution < 1.29 is 22.7 Å². The van der Waals surface area contributed by atoms with Crippen molar-refractivity contribution in [2.75, 3.05) is 24.0 Å². The molecule has 242 valence electrons. The molecule has 0 unspecified atom stereocenters. The van der Waals surface area contributed by atoms with E-state index in [1.807, 2.05) is 68.4 Å². The summed E-state index contributed by atoms with van der Waals surface area (Å²) in [4.78, 5) is 29.8. The van der Waals surface area contributed by atoms with E-state index in [-0.39, 0.29) is 36.1 Å². The Morgan fingerprint density at radius 2 is 1.50 bits per heavy atom. The number of carbonyl (C=O) groups is 2. The predicted molar refractivity (Wildman–Crippen MR) is 183 cm³/mol. The van der Waals surface area contributed by atoms with Crippen molar-refractivity contribution in [1.29, 1.82) is 0 Å². The second-order valence-electron chi connectivity index (χ2n) is 10.9. The third-order valence-electron chi connectivity index (χ3n) is 7.41. The maximum absolute atomic E-state index is 14.6. The highest BCUT2D eigenvalue weighted by atomic mass is 35.5. The predicted octanol–water partition coefficient (Wildman–Crippen LogP) is 6.41. The highest BCUT2D eigenvalue weighted by Crippen LogP contribution is 2.33. The van der Waals surface area contributed by atoms with Gasteiger partial charge >= 0.3 is 0 Å². The Balaban J connectivity index is 1.82. The van der Waals surface area contributed by atoms with Crippen LogP contribution in [0, 0.1) is 6.92 Å². The molecular weight excluding hydrogens is 622 g/mol. The van der Waals surface area contributed by atoms with Crippen molar-refractivity contribution in [3.8, 4) is 5.75 Å². The number of hydrogen-bond acceptors (Lipinski definition) is 5. The van der Waals surface area contributed by atoms with Gasteiger partial charge in [-0.2, -0.15) is 0 Å². The van der Waals surface area contributed by atoms with E-state index in [1.165, 1.54) is 29.2 Å². The summed E-state index contributed by atoms with van der Waals surface area (Å²) in [6, 6.07) is 28.7. The van der Waals surface area contributed by atoms with Gasteiger partial charge in [0.15, 0.2) is 0 Å². The van der Waals surface area contributed by atoms with Gasteiger partial charge in [-0.3, -0.25) is 13.9 Å². The molecule has 0 saturated carbocycles. The van der Waals surface area contributed by atoms with Gasteiger partial charge in [-0.15, -0.1) is 0 Å². The van der Waals surface area contributed by atoms with Gasteiger partial charge in [0.05, 0.1) is 17.2 Å². The first-order valence-corrected chi connectivity index (χ1v) is 17.1. The van der Waals surface area contributed by atoms with Gasteiger partial charge in [0.25, 0.3) is 10.0 Å². The van der Waals surface area contributed by atoms with Crippen LogP contribution in [0.5, 0.6) is 5.75 Å². The zero-order valence-electron chi connectivity index (χ0n) is 26.4. The van der Waals surface area contributed by atoms with Crippen LogP contribution in [0.1, 0.15) is 37.0 Å². The molecule has 0 radical (unpaired) electrons. The topological polar surface area (TPSA) is 96.0 Å². The molecule has 0 aliphatic rings. The van der Waals surface area contributed by atoms with E-state index in [2.05, 4.69) is 5.32 Å². The van der Waals surface area contributed by atoms with E-state index < -0.39 is 28.5 Å². The lowest BCUT2D eigenvalue weighted by Gasteiger charge is -2.34. The fraction of sp³-hybridized carbons (Fsp3) is 0.278. The average Bonchev–Trinajstić information content (AvgIpc) is 3.06. The Bertz CT molecular complexity index is 1700. The molecule has 0 aromatic heterocycles. The molecule has 1 atom stereocenters. The summed E-state index contributed by atoms with van der Waals surface area (Å²) in [5.74, 6) is -0.549. The second kappa shape index (κ2) is 16.3. The van der Waals surface area contributed by atoms with E-state index in [9.17, 15) is 18.0 Å². The first kappa shape index (κ1) is 34.5. The Labute approximate surface area is 277 Å². The van der Waals surface area contributed by atoms with Crippen LogP contribution >= 0.6 is 11.6 Å². The molecule has 2 amide bonds. The number of ether oxygens (including phenoxy) is 1. The van der Waals surface area contributed by atoms with Gasteiger partial charge in [-0.1, -0.05) is 90.8 Å². The number of nitrogens with one attached hydrogen (secondary N) is 1. The van der Waals surface area contributed by atoms with Gasteiger partial charge in [0.1, 0.15) is 18.3 Å². The molecule has 10 heteroatoms. The fourth-order valence-electron chi connectivity index (χ4n) is 5.00. The zero-order valence-corrected chi connectivity index (χ0v) is 27.9. The lowest BCUT2D eigenvalue weighted by molar-refractivity contribution is -0.140. The molecule has 1 N–H and O–H groups in total. The normalized spacial score (nSPS) is 11.8. The number of aryl methyl sites for hydroxylation is 1. The summed E-state index contributed by atoms with van der Waals surface area (Å²) in [6.07, 6.45) is 0.963. The molecule has 4 aromatic carbocycles. The van der Waals surface area contributed by atoms with Crippen molar-refractivity contribution in [3.63, 3.8) is 0 Å². The number of hydrogen-bond donors (Lipinski definition) is 1. The number of amides is 2. The number of halogens is 1. The van der Waals surface area contributed by atoms with Crippen LogP contribution in [-0.4, -0.2) is 50.9 Å². The molecule has 0 bridgehead atoms. The van der Waals surface area contributed by atoms with Crippen LogP contribution in [0.3, 0.4) is 0 Å². The quantitative estimate of drug-likeness (QED) is 0.159.